The highest BCUT2D eigenvalue weighted by molar-refractivity contribution is 5.90. The Labute approximate surface area is 181 Å². The molecule has 0 aliphatic carbocycles. The van der Waals surface area contributed by atoms with E-state index in [0.29, 0.717) is 11.1 Å². The first-order chi connectivity index (χ1) is 14.9. The van der Waals surface area contributed by atoms with Crippen LogP contribution in [0.5, 0.6) is 5.88 Å². The van der Waals surface area contributed by atoms with E-state index >= 15 is 0 Å². The topological polar surface area (TPSA) is 136 Å². The predicted molar refractivity (Wildman–Crippen MR) is 107 cm³/mol. The van der Waals surface area contributed by atoms with Gasteiger partial charge in [0, 0.05) is 11.8 Å². The van der Waals surface area contributed by atoms with E-state index in [0.717, 1.165) is 6.92 Å². The number of aryl methyl sites for hydroxylation is 1. The van der Waals surface area contributed by atoms with Crippen molar-refractivity contribution in [2.24, 2.45) is 10.7 Å². The van der Waals surface area contributed by atoms with Crippen LogP contribution in [0.3, 0.4) is 0 Å². The number of nitriles is 1. The average Bonchev–Trinajstić information content (AvgIpc) is 2.72. The van der Waals surface area contributed by atoms with Crippen LogP contribution in [-0.2, 0) is 10.3 Å². The van der Waals surface area contributed by atoms with Crippen LogP contribution in [0.4, 0.5) is 23.8 Å². The number of carbonyl (C=O) groups excluding carboxylic acids is 1. The summed E-state index contributed by atoms with van der Waals surface area (Å²) in [6, 6.07) is 7.96. The summed E-state index contributed by atoms with van der Waals surface area (Å²) in [5.41, 5.74) is 2.63. The number of aliphatic imine (C=N–C) groups is 1. The lowest BCUT2D eigenvalue weighted by Gasteiger charge is -2.40. The lowest BCUT2D eigenvalue weighted by atomic mass is 9.93. The number of nitrogens with two attached hydrogens (primary N) is 1. The fourth-order valence-electron chi connectivity index (χ4n) is 2.87. The zero-order valence-corrected chi connectivity index (χ0v) is 17.3. The Kier molecular flexibility index (Phi) is 5.80. The Bertz CT molecular complexity index is 1130. The molecule has 9 nitrogen and oxygen atoms in total. The van der Waals surface area contributed by atoms with Crippen molar-refractivity contribution in [2.75, 3.05) is 11.9 Å². The van der Waals surface area contributed by atoms with E-state index in [9.17, 15) is 18.0 Å². The van der Waals surface area contributed by atoms with E-state index in [1.807, 2.05) is 6.07 Å². The van der Waals surface area contributed by atoms with Crippen molar-refractivity contribution >= 4 is 17.7 Å². The van der Waals surface area contributed by atoms with Gasteiger partial charge in [0.2, 0.25) is 11.5 Å². The molecule has 2 aromatic rings. The molecule has 3 heterocycles. The normalized spacial score (nSPS) is 23.1. The van der Waals surface area contributed by atoms with Gasteiger partial charge in [-0.2, -0.15) is 18.4 Å². The SMILES string of the molecule is Cc1cc(C#N)cnc1OC(=O)Nc1cccc(C2(C)COC(C)(C(F)(F)F)C(N)=N2)n1. The highest BCUT2D eigenvalue weighted by Gasteiger charge is 2.59. The summed E-state index contributed by atoms with van der Waals surface area (Å²) >= 11 is 0. The van der Waals surface area contributed by atoms with Crippen molar-refractivity contribution in [1.29, 1.82) is 5.26 Å². The molecule has 3 rings (SSSR count). The van der Waals surface area contributed by atoms with Crippen LogP contribution in [0.15, 0.2) is 35.5 Å². The number of hydrogen-bond donors (Lipinski definition) is 2. The molecule has 1 amide bonds. The van der Waals surface area contributed by atoms with Crippen molar-refractivity contribution in [3.63, 3.8) is 0 Å². The first-order valence-corrected chi connectivity index (χ1v) is 9.27. The fraction of sp³-hybridized carbons (Fsp3) is 0.350. The zero-order valence-electron chi connectivity index (χ0n) is 17.3. The van der Waals surface area contributed by atoms with Gasteiger partial charge >= 0.3 is 12.3 Å². The van der Waals surface area contributed by atoms with Crippen LogP contribution in [0, 0.1) is 18.3 Å². The third kappa shape index (κ3) is 4.33. The highest BCUT2D eigenvalue weighted by Crippen LogP contribution is 2.40. The van der Waals surface area contributed by atoms with Crippen LogP contribution in [-0.4, -0.2) is 40.3 Å². The maximum Gasteiger partial charge on any atom is 0.424 e. The summed E-state index contributed by atoms with van der Waals surface area (Å²) in [6.45, 7) is 3.52. The second kappa shape index (κ2) is 8.08. The number of nitrogens with one attached hydrogen (secondary N) is 1. The van der Waals surface area contributed by atoms with Gasteiger partial charge < -0.3 is 15.2 Å². The van der Waals surface area contributed by atoms with E-state index in [1.165, 1.54) is 37.4 Å². The fourth-order valence-corrected chi connectivity index (χ4v) is 2.87. The number of hydrogen-bond acceptors (Lipinski definition) is 8. The Hall–Kier alpha value is -3.72. The largest absolute Gasteiger partial charge is 0.424 e. The van der Waals surface area contributed by atoms with Crippen LogP contribution < -0.4 is 15.8 Å². The van der Waals surface area contributed by atoms with Gasteiger partial charge in [-0.3, -0.25) is 10.3 Å². The molecular weight excluding hydrogens is 429 g/mol. The molecule has 0 bridgehead atoms. The molecule has 32 heavy (non-hydrogen) atoms. The summed E-state index contributed by atoms with van der Waals surface area (Å²) in [7, 11) is 0. The number of pyridine rings is 2. The van der Waals surface area contributed by atoms with Gasteiger partial charge in [0.25, 0.3) is 0 Å². The molecule has 1 aliphatic heterocycles. The Morgan fingerprint density at radius 2 is 2.09 bits per heavy atom. The van der Waals surface area contributed by atoms with Gasteiger partial charge in [-0.15, -0.1) is 0 Å². The lowest BCUT2D eigenvalue weighted by Crippen LogP contribution is -2.60. The van der Waals surface area contributed by atoms with E-state index in [-0.39, 0.29) is 17.4 Å². The van der Waals surface area contributed by atoms with E-state index in [1.54, 1.807) is 6.92 Å². The Morgan fingerprint density at radius 1 is 1.38 bits per heavy atom. The molecule has 12 heteroatoms. The van der Waals surface area contributed by atoms with E-state index in [4.69, 9.17) is 20.5 Å². The number of rotatable bonds is 3. The van der Waals surface area contributed by atoms with Gasteiger partial charge in [0.15, 0.2) is 0 Å². The van der Waals surface area contributed by atoms with Crippen LogP contribution in [0.1, 0.15) is 30.7 Å². The smallest absolute Gasteiger partial charge is 0.391 e. The summed E-state index contributed by atoms with van der Waals surface area (Å²) < 4.78 is 50.1. The molecule has 0 radical (unpaired) electrons. The Balaban J connectivity index is 1.79. The van der Waals surface area contributed by atoms with Gasteiger partial charge in [-0.1, -0.05) is 6.07 Å². The second-order valence-corrected chi connectivity index (χ2v) is 7.47. The number of carbonyl (C=O) groups is 1. The number of nitrogens with zero attached hydrogens (tertiary/aromatic N) is 4. The molecule has 2 unspecified atom stereocenters. The average molecular weight is 448 g/mol. The second-order valence-electron chi connectivity index (χ2n) is 7.47. The number of ether oxygens (including phenoxy) is 2. The minimum absolute atomic E-state index is 0.00843. The monoisotopic (exact) mass is 448 g/mol. The standard InChI is InChI=1S/C20H19F3N6O3/c1-11-7-12(8-24)9-26-15(11)32-17(30)28-14-6-4-5-13(27-14)18(2)10-31-19(3,16(25)29-18)20(21,22)23/h4-7,9H,10H2,1-3H3,(H2,25,29)(H,27,28,30). The van der Waals surface area contributed by atoms with Crippen molar-refractivity contribution in [3.05, 3.63) is 47.3 Å². The number of alkyl halides is 3. The summed E-state index contributed by atoms with van der Waals surface area (Å²) in [5.74, 6) is -0.646. The van der Waals surface area contributed by atoms with Crippen molar-refractivity contribution in [1.82, 2.24) is 9.97 Å². The molecule has 0 saturated heterocycles. The molecular formula is C20H19F3N6O3. The third-order valence-corrected chi connectivity index (χ3v) is 4.92. The first kappa shape index (κ1) is 23.0. The first-order valence-electron chi connectivity index (χ1n) is 9.27. The number of amidine groups is 1. The molecule has 2 atom stereocenters. The lowest BCUT2D eigenvalue weighted by molar-refractivity contribution is -0.249. The van der Waals surface area contributed by atoms with Crippen LogP contribution in [0.2, 0.25) is 0 Å². The van der Waals surface area contributed by atoms with Crippen molar-refractivity contribution < 1.29 is 27.4 Å². The minimum Gasteiger partial charge on any atom is -0.391 e. The molecule has 3 N–H and O–H groups in total. The molecule has 1 aliphatic rings. The Morgan fingerprint density at radius 3 is 2.69 bits per heavy atom. The zero-order chi connectivity index (χ0) is 23.7. The number of aromatic nitrogens is 2. The molecule has 168 valence electrons. The van der Waals surface area contributed by atoms with Crippen LogP contribution in [0.25, 0.3) is 0 Å². The summed E-state index contributed by atoms with van der Waals surface area (Å²) in [6.07, 6.45) is -4.37. The van der Waals surface area contributed by atoms with Crippen molar-refractivity contribution in [3.8, 4) is 11.9 Å². The maximum atomic E-state index is 13.3. The predicted octanol–water partition coefficient (Wildman–Crippen LogP) is 3.19. The molecule has 0 fully saturated rings. The summed E-state index contributed by atoms with van der Waals surface area (Å²) in [5, 5.41) is 11.3. The van der Waals surface area contributed by atoms with E-state index in [2.05, 4.69) is 20.3 Å². The molecule has 0 aromatic carbocycles. The summed E-state index contributed by atoms with van der Waals surface area (Å²) in [4.78, 5) is 24.4. The van der Waals surface area contributed by atoms with Crippen LogP contribution >= 0.6 is 0 Å². The maximum absolute atomic E-state index is 13.3. The minimum atomic E-state index is -4.74. The molecule has 0 saturated carbocycles. The van der Waals surface area contributed by atoms with Gasteiger partial charge in [0.05, 0.1) is 17.9 Å². The highest BCUT2D eigenvalue weighted by atomic mass is 19.4. The van der Waals surface area contributed by atoms with E-state index < -0.39 is 35.9 Å². The quantitative estimate of drug-likeness (QED) is 0.736. The molecule has 0 spiro atoms. The molecule has 2 aromatic heterocycles. The number of amides is 1. The number of halogens is 3. The van der Waals surface area contributed by atoms with Crippen molar-refractivity contribution in [2.45, 2.75) is 38.1 Å². The van der Waals surface area contributed by atoms with Gasteiger partial charge in [-0.05, 0) is 39.0 Å². The third-order valence-electron chi connectivity index (χ3n) is 4.92. The number of anilines is 1. The van der Waals surface area contributed by atoms with Gasteiger partial charge in [-0.25, -0.2) is 14.8 Å². The van der Waals surface area contributed by atoms with Gasteiger partial charge in [0.1, 0.15) is 23.3 Å².